The van der Waals surface area contributed by atoms with E-state index in [-0.39, 0.29) is 5.76 Å². The minimum Gasteiger partial charge on any atom is -0.502 e. The van der Waals surface area contributed by atoms with E-state index in [4.69, 9.17) is 10.5 Å². The molecule has 0 fully saturated rings. The monoisotopic (exact) mass is 153 g/mol. The molecule has 0 unspecified atom stereocenters. The SMILES string of the molecule is CC(=C\C(C)C)/C(O)=C/[N+]#N. The number of aliphatic hydroxyl groups is 1. The van der Waals surface area contributed by atoms with E-state index in [9.17, 15) is 0 Å². The van der Waals surface area contributed by atoms with E-state index in [1.807, 2.05) is 19.9 Å². The number of aliphatic hydroxyl groups excluding tert-OH is 1. The van der Waals surface area contributed by atoms with E-state index >= 15 is 0 Å². The third kappa shape index (κ3) is 4.15. The van der Waals surface area contributed by atoms with Crippen LogP contribution < -0.4 is 0 Å². The van der Waals surface area contributed by atoms with Crippen molar-refractivity contribution in [1.29, 1.82) is 5.39 Å². The van der Waals surface area contributed by atoms with Crippen molar-refractivity contribution < 1.29 is 5.11 Å². The van der Waals surface area contributed by atoms with Crippen molar-refractivity contribution in [2.45, 2.75) is 20.8 Å². The van der Waals surface area contributed by atoms with Crippen LogP contribution in [0.1, 0.15) is 20.8 Å². The summed E-state index contributed by atoms with van der Waals surface area (Å²) in [6, 6.07) is 0. The Hall–Kier alpha value is -1.30. The Morgan fingerprint density at radius 1 is 1.55 bits per heavy atom. The van der Waals surface area contributed by atoms with Crippen molar-refractivity contribution in [1.82, 2.24) is 0 Å². The van der Waals surface area contributed by atoms with Gasteiger partial charge in [0.2, 0.25) is 11.2 Å². The van der Waals surface area contributed by atoms with Crippen LogP contribution >= 0.6 is 0 Å². The molecule has 1 N–H and O–H groups in total. The molecule has 11 heavy (non-hydrogen) atoms. The van der Waals surface area contributed by atoms with Crippen LogP contribution in [0.15, 0.2) is 23.6 Å². The normalized spacial score (nSPS) is 13.4. The number of hydrogen-bond acceptors (Lipinski definition) is 2. The molecular weight excluding hydrogens is 140 g/mol. The van der Waals surface area contributed by atoms with E-state index in [1.165, 1.54) is 0 Å². The number of nitrogens with zero attached hydrogens (tertiary/aromatic N) is 2. The lowest BCUT2D eigenvalue weighted by atomic mass is 10.1. The molecule has 0 radical (unpaired) electrons. The molecular formula is C8H13N2O+. The van der Waals surface area contributed by atoms with Gasteiger partial charge in [0.1, 0.15) is 0 Å². The highest BCUT2D eigenvalue weighted by atomic mass is 16.3. The second-order valence-electron chi connectivity index (χ2n) is 2.72. The first-order valence-electron chi connectivity index (χ1n) is 3.50. The molecule has 0 rings (SSSR count). The van der Waals surface area contributed by atoms with Gasteiger partial charge >= 0.3 is 6.20 Å². The van der Waals surface area contributed by atoms with Crippen molar-refractivity contribution in [2.75, 3.05) is 0 Å². The molecule has 0 amide bonds. The minimum atomic E-state index is 0.00111. The van der Waals surface area contributed by atoms with Crippen LogP contribution in [0.3, 0.4) is 0 Å². The van der Waals surface area contributed by atoms with E-state index < -0.39 is 0 Å². The molecule has 60 valence electrons. The minimum absolute atomic E-state index is 0.00111. The summed E-state index contributed by atoms with van der Waals surface area (Å²) in [7, 11) is 0. The fraction of sp³-hybridized carbons (Fsp3) is 0.500. The quantitative estimate of drug-likeness (QED) is 0.376. The third-order valence-electron chi connectivity index (χ3n) is 1.17. The second kappa shape index (κ2) is 4.51. The van der Waals surface area contributed by atoms with Gasteiger partial charge in [-0.1, -0.05) is 19.9 Å². The molecule has 0 bridgehead atoms. The summed E-state index contributed by atoms with van der Waals surface area (Å²) in [6.45, 7) is 5.77. The smallest absolute Gasteiger partial charge is 0.391 e. The summed E-state index contributed by atoms with van der Waals surface area (Å²) in [6.07, 6.45) is 2.89. The zero-order chi connectivity index (χ0) is 8.85. The maximum atomic E-state index is 9.11. The third-order valence-corrected chi connectivity index (χ3v) is 1.17. The molecule has 0 saturated heterocycles. The Morgan fingerprint density at radius 2 is 2.09 bits per heavy atom. The summed E-state index contributed by atoms with van der Waals surface area (Å²) in [5.74, 6) is 0.380. The molecule has 0 atom stereocenters. The van der Waals surface area contributed by atoms with E-state index in [2.05, 4.69) is 4.98 Å². The van der Waals surface area contributed by atoms with Crippen LogP contribution in [0.2, 0.25) is 0 Å². The summed E-state index contributed by atoms with van der Waals surface area (Å²) in [4.78, 5) is 2.71. The number of hydrogen-bond donors (Lipinski definition) is 1. The van der Waals surface area contributed by atoms with Gasteiger partial charge in [-0.05, 0) is 18.4 Å². The highest BCUT2D eigenvalue weighted by Gasteiger charge is 2.02. The van der Waals surface area contributed by atoms with E-state index in [1.54, 1.807) is 6.92 Å². The highest BCUT2D eigenvalue weighted by molar-refractivity contribution is 5.23. The summed E-state index contributed by atoms with van der Waals surface area (Å²) in [5, 5.41) is 17.2. The molecule has 0 heterocycles. The van der Waals surface area contributed by atoms with Gasteiger partial charge in [0.15, 0.2) is 4.98 Å². The largest absolute Gasteiger partial charge is 0.502 e. The van der Waals surface area contributed by atoms with Crippen LogP contribution in [0, 0.1) is 11.3 Å². The molecule has 0 aromatic heterocycles. The molecule has 0 aliphatic carbocycles. The fourth-order valence-corrected chi connectivity index (χ4v) is 0.742. The van der Waals surface area contributed by atoms with Crippen molar-refractivity contribution in [2.24, 2.45) is 5.92 Å². The average molecular weight is 153 g/mol. The van der Waals surface area contributed by atoms with Gasteiger partial charge in [-0.15, -0.1) is 0 Å². The van der Waals surface area contributed by atoms with Gasteiger partial charge in [0, 0.05) is 0 Å². The van der Waals surface area contributed by atoms with Gasteiger partial charge in [0.05, 0.1) is 0 Å². The second-order valence-corrected chi connectivity index (χ2v) is 2.72. The average Bonchev–Trinajstić information content (AvgIpc) is 1.86. The van der Waals surface area contributed by atoms with Crippen molar-refractivity contribution in [3.8, 4) is 0 Å². The Labute approximate surface area is 66.7 Å². The zero-order valence-electron chi connectivity index (χ0n) is 7.07. The lowest BCUT2D eigenvalue weighted by Crippen LogP contribution is -1.86. The maximum Gasteiger partial charge on any atom is 0.391 e. The van der Waals surface area contributed by atoms with Crippen LogP contribution in [0.5, 0.6) is 0 Å². The van der Waals surface area contributed by atoms with Crippen LogP contribution in [0.4, 0.5) is 0 Å². The van der Waals surface area contributed by atoms with Gasteiger partial charge in [-0.3, -0.25) is 0 Å². The lowest BCUT2D eigenvalue weighted by Gasteiger charge is -1.97. The van der Waals surface area contributed by atoms with Gasteiger partial charge in [-0.25, -0.2) is 0 Å². The van der Waals surface area contributed by atoms with Gasteiger partial charge in [-0.2, -0.15) is 0 Å². The summed E-state index contributed by atoms with van der Waals surface area (Å²) >= 11 is 0. The molecule has 0 saturated carbocycles. The standard InChI is InChI=1S/C8H12N2O/c1-6(2)4-7(3)8(11)5-10-9/h4-6H,1-3H3/p+1/b7-4+,8-5-. The van der Waals surface area contributed by atoms with Crippen LogP contribution in [-0.2, 0) is 0 Å². The Bertz CT molecular complexity index is 221. The van der Waals surface area contributed by atoms with E-state index in [0.717, 1.165) is 11.8 Å². The van der Waals surface area contributed by atoms with Crippen LogP contribution in [-0.4, -0.2) is 5.11 Å². The summed E-state index contributed by atoms with van der Waals surface area (Å²) < 4.78 is 0. The first-order valence-corrected chi connectivity index (χ1v) is 3.50. The molecule has 3 nitrogen and oxygen atoms in total. The Morgan fingerprint density at radius 3 is 2.45 bits per heavy atom. The Balaban J connectivity index is 4.38. The molecule has 0 spiro atoms. The fourth-order valence-electron chi connectivity index (χ4n) is 0.742. The summed E-state index contributed by atoms with van der Waals surface area (Å²) in [5.41, 5.74) is 0.720. The first-order chi connectivity index (χ1) is 5.07. The molecule has 0 aliphatic heterocycles. The van der Waals surface area contributed by atoms with Crippen LogP contribution in [0.25, 0.3) is 4.98 Å². The predicted molar refractivity (Wildman–Crippen MR) is 44.4 cm³/mol. The van der Waals surface area contributed by atoms with E-state index in [0.29, 0.717) is 5.92 Å². The van der Waals surface area contributed by atoms with Gasteiger partial charge < -0.3 is 5.11 Å². The number of rotatable bonds is 2. The molecule has 0 aromatic carbocycles. The Kier molecular flexibility index (Phi) is 3.97. The van der Waals surface area contributed by atoms with Crippen molar-refractivity contribution in [3.63, 3.8) is 0 Å². The van der Waals surface area contributed by atoms with Crippen molar-refractivity contribution >= 4 is 0 Å². The molecule has 0 aromatic rings. The topological polar surface area (TPSA) is 48.4 Å². The number of allylic oxidation sites excluding steroid dienone is 2. The highest BCUT2D eigenvalue weighted by Crippen LogP contribution is 2.09. The molecule has 0 aliphatic rings. The number of diazo groups is 1. The lowest BCUT2D eigenvalue weighted by molar-refractivity contribution is 0.422. The maximum absolute atomic E-state index is 9.11. The van der Waals surface area contributed by atoms with Crippen molar-refractivity contribution in [3.05, 3.63) is 28.6 Å². The first kappa shape index (κ1) is 9.70. The molecule has 3 heteroatoms. The zero-order valence-corrected chi connectivity index (χ0v) is 7.07. The predicted octanol–water partition coefficient (Wildman–Crippen LogP) is 2.84. The van der Waals surface area contributed by atoms with Gasteiger partial charge in [0.25, 0.3) is 0 Å².